The third kappa shape index (κ3) is 5.03. The van der Waals surface area contributed by atoms with Gasteiger partial charge in [-0.25, -0.2) is 9.59 Å². The standard InChI is InChI=1S/C26H28N4O5/c1-3-8-22(24(31)27-13-16-14-28-30(2)23(16)25(32)33)29-26(34)35-15-21-19-11-6-4-9-17(19)18-10-5-7-12-20(18)21/h4-7,9-12,14,21-22H,3,8,13,15H2,1-2H3,(H,27,31)(H,29,34)(H,32,33)/t22-/m0/s1. The highest BCUT2D eigenvalue weighted by Gasteiger charge is 2.29. The molecular weight excluding hydrogens is 448 g/mol. The van der Waals surface area contributed by atoms with Crippen LogP contribution in [0.5, 0.6) is 0 Å². The van der Waals surface area contributed by atoms with E-state index in [1.807, 2.05) is 43.3 Å². The number of aromatic carboxylic acids is 1. The summed E-state index contributed by atoms with van der Waals surface area (Å²) in [7, 11) is 1.52. The average Bonchev–Trinajstić information content (AvgIpc) is 3.38. The number of alkyl carbamates (subject to hydrolysis) is 1. The summed E-state index contributed by atoms with van der Waals surface area (Å²) in [4.78, 5) is 36.8. The number of hydrogen-bond donors (Lipinski definition) is 3. The monoisotopic (exact) mass is 476 g/mol. The number of aromatic nitrogens is 2. The van der Waals surface area contributed by atoms with Crippen LogP contribution in [0.15, 0.2) is 54.7 Å². The van der Waals surface area contributed by atoms with E-state index in [1.54, 1.807) is 0 Å². The summed E-state index contributed by atoms with van der Waals surface area (Å²) in [5, 5.41) is 18.6. The highest BCUT2D eigenvalue weighted by Crippen LogP contribution is 2.44. The molecule has 0 bridgehead atoms. The van der Waals surface area contributed by atoms with Crippen molar-refractivity contribution in [1.82, 2.24) is 20.4 Å². The molecule has 0 radical (unpaired) electrons. The predicted octanol–water partition coefficient (Wildman–Crippen LogP) is 3.44. The number of nitrogens with zero attached hydrogens (tertiary/aromatic N) is 2. The maximum absolute atomic E-state index is 12.8. The molecule has 1 aliphatic carbocycles. The Morgan fingerprint density at radius 2 is 1.71 bits per heavy atom. The van der Waals surface area contributed by atoms with Crippen molar-refractivity contribution in [2.24, 2.45) is 7.05 Å². The number of aryl methyl sites for hydroxylation is 1. The van der Waals surface area contributed by atoms with E-state index < -0.39 is 24.0 Å². The van der Waals surface area contributed by atoms with Crippen LogP contribution in [0, 0.1) is 0 Å². The van der Waals surface area contributed by atoms with Crippen LogP contribution in [0.25, 0.3) is 11.1 Å². The zero-order chi connectivity index (χ0) is 24.9. The molecule has 1 atom stereocenters. The second-order valence-electron chi connectivity index (χ2n) is 8.48. The van der Waals surface area contributed by atoms with E-state index in [0.29, 0.717) is 18.4 Å². The van der Waals surface area contributed by atoms with Crippen LogP contribution in [0.2, 0.25) is 0 Å². The van der Waals surface area contributed by atoms with E-state index >= 15 is 0 Å². The van der Waals surface area contributed by atoms with Gasteiger partial charge in [-0.3, -0.25) is 9.48 Å². The largest absolute Gasteiger partial charge is 0.477 e. The maximum atomic E-state index is 12.8. The molecule has 2 aromatic carbocycles. The van der Waals surface area contributed by atoms with Crippen LogP contribution in [-0.2, 0) is 23.1 Å². The van der Waals surface area contributed by atoms with E-state index in [2.05, 4.69) is 27.9 Å². The van der Waals surface area contributed by atoms with Gasteiger partial charge in [-0.15, -0.1) is 0 Å². The summed E-state index contributed by atoms with van der Waals surface area (Å²) < 4.78 is 6.80. The van der Waals surface area contributed by atoms with Crippen molar-refractivity contribution < 1.29 is 24.2 Å². The van der Waals surface area contributed by atoms with E-state index in [9.17, 15) is 19.5 Å². The minimum Gasteiger partial charge on any atom is -0.477 e. The average molecular weight is 477 g/mol. The molecular formula is C26H28N4O5. The molecule has 4 rings (SSSR count). The number of fused-ring (bicyclic) bond motifs is 3. The lowest BCUT2D eigenvalue weighted by atomic mass is 9.98. The van der Waals surface area contributed by atoms with Crippen molar-refractivity contribution in [3.05, 3.63) is 77.1 Å². The summed E-state index contributed by atoms with van der Waals surface area (Å²) in [5.74, 6) is -1.62. The molecule has 0 saturated carbocycles. The normalized spacial score (nSPS) is 13.0. The molecule has 182 valence electrons. The van der Waals surface area contributed by atoms with Gasteiger partial charge in [0.05, 0.1) is 6.20 Å². The molecule has 0 unspecified atom stereocenters. The number of rotatable bonds is 9. The van der Waals surface area contributed by atoms with Crippen LogP contribution in [0.3, 0.4) is 0 Å². The van der Waals surface area contributed by atoms with E-state index in [0.717, 1.165) is 22.3 Å². The van der Waals surface area contributed by atoms with Gasteiger partial charge in [-0.2, -0.15) is 5.10 Å². The first kappa shape index (κ1) is 24.0. The van der Waals surface area contributed by atoms with Gasteiger partial charge in [0.2, 0.25) is 5.91 Å². The first-order chi connectivity index (χ1) is 16.9. The molecule has 9 nitrogen and oxygen atoms in total. The van der Waals surface area contributed by atoms with Crippen molar-refractivity contribution in [2.75, 3.05) is 6.61 Å². The number of carboxylic acids is 1. The number of hydrogen-bond acceptors (Lipinski definition) is 5. The second-order valence-corrected chi connectivity index (χ2v) is 8.48. The molecule has 0 spiro atoms. The Hall–Kier alpha value is -4.14. The molecule has 2 amide bonds. The molecule has 3 N–H and O–H groups in total. The van der Waals surface area contributed by atoms with Crippen molar-refractivity contribution in [1.29, 1.82) is 0 Å². The fourth-order valence-electron chi connectivity index (χ4n) is 4.53. The Balaban J connectivity index is 1.37. The number of nitrogens with one attached hydrogen (secondary N) is 2. The van der Waals surface area contributed by atoms with Gasteiger partial charge in [0, 0.05) is 25.1 Å². The Labute approximate surface area is 203 Å². The van der Waals surface area contributed by atoms with Crippen LogP contribution >= 0.6 is 0 Å². The van der Waals surface area contributed by atoms with E-state index in [1.165, 1.54) is 17.9 Å². The Kier molecular flexibility index (Phi) is 7.14. The van der Waals surface area contributed by atoms with E-state index in [4.69, 9.17) is 4.74 Å². The van der Waals surface area contributed by atoms with Gasteiger partial charge < -0.3 is 20.5 Å². The quantitative estimate of drug-likeness (QED) is 0.435. The van der Waals surface area contributed by atoms with Crippen LogP contribution in [0.4, 0.5) is 4.79 Å². The number of benzene rings is 2. The van der Waals surface area contributed by atoms with Crippen LogP contribution in [-0.4, -0.2) is 45.5 Å². The summed E-state index contributed by atoms with van der Waals surface area (Å²) in [6.45, 7) is 2.04. The maximum Gasteiger partial charge on any atom is 0.407 e. The summed E-state index contributed by atoms with van der Waals surface area (Å²) >= 11 is 0. The summed E-state index contributed by atoms with van der Waals surface area (Å²) in [6, 6.07) is 15.3. The van der Waals surface area contributed by atoms with E-state index in [-0.39, 0.29) is 24.8 Å². The predicted molar refractivity (Wildman–Crippen MR) is 129 cm³/mol. The SMILES string of the molecule is CCC[C@H](NC(=O)OCC1c2ccccc2-c2ccccc21)C(=O)NCc1cnn(C)c1C(=O)O. The molecule has 9 heteroatoms. The lowest BCUT2D eigenvalue weighted by molar-refractivity contribution is -0.123. The molecule has 1 heterocycles. The van der Waals surface area contributed by atoms with Crippen LogP contribution < -0.4 is 10.6 Å². The zero-order valence-electron chi connectivity index (χ0n) is 19.7. The second kappa shape index (κ2) is 10.4. The molecule has 3 aromatic rings. The number of carbonyl (C=O) groups is 3. The highest BCUT2D eigenvalue weighted by atomic mass is 16.5. The van der Waals surface area contributed by atoms with Gasteiger partial charge in [-0.1, -0.05) is 61.9 Å². The Morgan fingerprint density at radius 3 is 2.31 bits per heavy atom. The minimum atomic E-state index is -1.13. The molecule has 0 aliphatic heterocycles. The molecule has 35 heavy (non-hydrogen) atoms. The van der Waals surface area contributed by atoms with Crippen molar-refractivity contribution in [2.45, 2.75) is 38.3 Å². The fraction of sp³-hybridized carbons (Fsp3) is 0.308. The summed E-state index contributed by atoms with van der Waals surface area (Å²) in [5.41, 5.74) is 4.87. The fourth-order valence-corrected chi connectivity index (χ4v) is 4.53. The topological polar surface area (TPSA) is 123 Å². The third-order valence-electron chi connectivity index (χ3n) is 6.20. The number of amides is 2. The van der Waals surface area contributed by atoms with Gasteiger partial charge in [0.1, 0.15) is 12.6 Å². The Bertz CT molecular complexity index is 1210. The van der Waals surface area contributed by atoms with Gasteiger partial charge in [-0.05, 0) is 28.7 Å². The first-order valence-electron chi connectivity index (χ1n) is 11.5. The van der Waals surface area contributed by atoms with Crippen molar-refractivity contribution in [3.8, 4) is 11.1 Å². The van der Waals surface area contributed by atoms with Crippen molar-refractivity contribution in [3.63, 3.8) is 0 Å². The molecule has 1 aliphatic rings. The zero-order valence-corrected chi connectivity index (χ0v) is 19.7. The Morgan fingerprint density at radius 1 is 1.09 bits per heavy atom. The number of ether oxygens (including phenoxy) is 1. The third-order valence-corrected chi connectivity index (χ3v) is 6.20. The summed E-state index contributed by atoms with van der Waals surface area (Å²) in [6.07, 6.45) is 1.80. The smallest absolute Gasteiger partial charge is 0.407 e. The van der Waals surface area contributed by atoms with Crippen molar-refractivity contribution >= 4 is 18.0 Å². The lowest BCUT2D eigenvalue weighted by Crippen LogP contribution is -2.46. The number of carboxylic acid groups (broad SMARTS) is 1. The minimum absolute atomic E-state index is 0.00170. The first-order valence-corrected chi connectivity index (χ1v) is 11.5. The van der Waals surface area contributed by atoms with Gasteiger partial charge in [0.25, 0.3) is 0 Å². The van der Waals surface area contributed by atoms with Crippen LogP contribution in [0.1, 0.15) is 52.9 Å². The molecule has 0 fully saturated rings. The number of carbonyl (C=O) groups excluding carboxylic acids is 2. The molecule has 0 saturated heterocycles. The molecule has 1 aromatic heterocycles. The highest BCUT2D eigenvalue weighted by molar-refractivity contribution is 5.88. The van der Waals surface area contributed by atoms with Gasteiger partial charge in [0.15, 0.2) is 5.69 Å². The lowest BCUT2D eigenvalue weighted by Gasteiger charge is -2.19. The van der Waals surface area contributed by atoms with Gasteiger partial charge >= 0.3 is 12.1 Å².